The van der Waals surface area contributed by atoms with Gasteiger partial charge in [-0.3, -0.25) is 43.2 Å². The van der Waals surface area contributed by atoms with Crippen molar-refractivity contribution in [1.29, 1.82) is 0 Å². The number of aromatic amines is 6. The minimum Gasteiger partial charge on any atom is -0.377 e. The van der Waals surface area contributed by atoms with Crippen molar-refractivity contribution in [2.24, 2.45) is 11.5 Å². The second kappa shape index (κ2) is 41.2. The highest BCUT2D eigenvalue weighted by atomic mass is 32.2. The number of hydrogen-bond acceptors (Lipinski definition) is 20. The second-order valence-electron chi connectivity index (χ2n) is 35.6. The number of ether oxygens (including phenoxy) is 1. The van der Waals surface area contributed by atoms with Gasteiger partial charge in [-0.1, -0.05) is 97.1 Å². The SMILES string of the molecule is CN1CCN(C(=O)c2cccc(S(=O)(=O)N3CCc4[nH]c(=O)c5ccccc5c4C3)c2)CC1.NCC(=O)N1CCc2[nH]c(=O)c3ccccc3c2C1.N[C@H](Cc1cnc[nH]1)C(=O)N1CCc2[nH]c(=O)c3ccccc3c2C1.O=C(CCCNC[C@@H]1CCCO1)N1CCc2[nH]c(=O)c3ccccc3c2C1.O=c1[nH]c2c(c3ccccc13)CN(S(=O)(=O)N1CCC(N3CCCC3)CC1)CC2. The minimum atomic E-state index is -3.82. The molecule has 4 amide bonds. The van der Waals surface area contributed by atoms with E-state index in [1.54, 1.807) is 78.3 Å². The van der Waals surface area contributed by atoms with Gasteiger partial charge in [0.15, 0.2) is 0 Å². The van der Waals surface area contributed by atoms with Crippen LogP contribution in [0.4, 0.5) is 0 Å². The highest BCUT2D eigenvalue weighted by molar-refractivity contribution is 7.89. The number of likely N-dealkylation sites (N-methyl/N-ethyl adjacent to an activating group) is 1. The molecule has 4 saturated heterocycles. The van der Waals surface area contributed by atoms with E-state index < -0.39 is 26.3 Å². The normalized spacial score (nSPS) is 18.3. The molecule has 6 aromatic heterocycles. The number of carbonyl (C=O) groups is 4. The van der Waals surface area contributed by atoms with Gasteiger partial charge >= 0.3 is 0 Å². The third kappa shape index (κ3) is 20.6. The topological polar surface area (TPSA) is 432 Å². The number of imidazole rings is 1. The molecule has 4 fully saturated rings. The van der Waals surface area contributed by atoms with Crippen LogP contribution in [-0.2, 0) is 111 Å². The number of rotatable bonds is 16. The number of sulfonamides is 1. The predicted molar refractivity (Wildman–Crippen MR) is 510 cm³/mol. The van der Waals surface area contributed by atoms with E-state index in [0.29, 0.717) is 168 Å². The molecule has 0 aliphatic carbocycles. The molecule has 33 nitrogen and oxygen atoms in total. The van der Waals surface area contributed by atoms with Gasteiger partial charge in [-0.2, -0.15) is 21.3 Å². The summed E-state index contributed by atoms with van der Waals surface area (Å²) < 4.78 is 64.0. The van der Waals surface area contributed by atoms with Gasteiger partial charge in [-0.05, 0) is 175 Å². The smallest absolute Gasteiger partial charge is 0.282 e. The van der Waals surface area contributed by atoms with E-state index in [-0.39, 0.29) is 76.0 Å². The first-order valence-electron chi connectivity index (χ1n) is 46.2. The third-order valence-electron chi connectivity index (χ3n) is 27.3. The number of benzene rings is 6. The Morgan fingerprint density at radius 1 is 0.474 bits per heavy atom. The summed E-state index contributed by atoms with van der Waals surface area (Å²) in [6.45, 7) is 13.5. The van der Waals surface area contributed by atoms with E-state index in [4.69, 9.17) is 16.2 Å². The van der Waals surface area contributed by atoms with Crippen LogP contribution in [0.3, 0.4) is 0 Å². The summed E-state index contributed by atoms with van der Waals surface area (Å²) in [5.74, 6) is -0.0981. The lowest BCUT2D eigenvalue weighted by atomic mass is 9.98. The predicted octanol–water partition coefficient (Wildman–Crippen LogP) is 6.39. The van der Waals surface area contributed by atoms with Gasteiger partial charge in [0, 0.05) is 242 Å². The number of aromatic nitrogens is 7. The van der Waals surface area contributed by atoms with E-state index in [0.717, 1.165) is 167 Å². The number of amides is 4. The molecule has 12 aromatic rings. The molecule has 9 aliphatic rings. The minimum absolute atomic E-state index is 0.0244. The summed E-state index contributed by atoms with van der Waals surface area (Å²) in [7, 11) is -5.30. The van der Waals surface area contributed by atoms with E-state index in [1.807, 2.05) is 103 Å². The fourth-order valence-electron chi connectivity index (χ4n) is 20.0. The fraction of sp³-hybridized carbons (Fsp3) is 0.408. The molecule has 2 atom stereocenters. The highest BCUT2D eigenvalue weighted by Crippen LogP contribution is 2.34. The lowest BCUT2D eigenvalue weighted by molar-refractivity contribution is -0.133. The van der Waals surface area contributed by atoms with Crippen LogP contribution in [0, 0.1) is 0 Å². The number of H-pyrrole nitrogens is 6. The molecule has 11 N–H and O–H groups in total. The zero-order valence-corrected chi connectivity index (χ0v) is 76.5. The molecule has 15 heterocycles. The largest absolute Gasteiger partial charge is 0.377 e. The first-order valence-corrected chi connectivity index (χ1v) is 49.1. The summed E-state index contributed by atoms with van der Waals surface area (Å²) in [5, 5.41) is 11.0. The molecule has 0 bridgehead atoms. The standard InChI is InChI=1S/C24H26N4O4S.C21H28N4O3S.C21H27N3O3.C18H19N5O2.C14H15N3O2/c1-26-11-13-27(14-12-26)24(30)17-5-4-6-18(15-17)33(31,32)28-10-9-22-21(16-28)19-7-2-3-8-20(19)23(29)25-22;26-21-18-6-2-1-5-17(18)19-15-25(14-9-20(19)22-21)29(27,28)24-12-7-16(8-13-24)23-10-3-4-11-23;25-20(8-3-10-22-13-15-5-4-12-27-15)24-11-9-19-18(14-24)16-6-1-2-7-17(16)21(26)23-19;19-15(7-11-8-20-10-21-11)18(25)23-6-5-16-14(9-23)12-3-1-2-4-13(12)17(24)22-16;15-7-13(18)17-6-5-12-11(8-17)9-3-1-2-4-10(9)14(19)16-12/h2-8,15H,9-14,16H2,1H3,(H,25,29);1-2,5-6,16H,3-4,7-15H2,(H,22,26);1-2,6-7,15,22H,3-5,8-14H2,(H,23,26);1-4,8,10,15H,5-7,9,19H2,(H,20,21)(H,22,24);1-4H,5-8,15H2,(H,16,19)/t;;2*15-;/m..01./s1. The van der Waals surface area contributed by atoms with Gasteiger partial charge in [-0.25, -0.2) is 13.4 Å². The molecular formula is C98H115N19O14S2. The van der Waals surface area contributed by atoms with Crippen LogP contribution >= 0.6 is 0 Å². The van der Waals surface area contributed by atoms with Gasteiger partial charge in [0.2, 0.25) is 27.7 Å². The Bertz CT molecular complexity index is 6890. The van der Waals surface area contributed by atoms with Crippen LogP contribution in [-0.4, -0.2) is 254 Å². The molecule has 0 spiro atoms. The molecule has 698 valence electrons. The fourth-order valence-corrected chi connectivity index (χ4v) is 23.0. The van der Waals surface area contributed by atoms with Crippen LogP contribution in [0.1, 0.15) is 124 Å². The number of nitrogens with two attached hydrogens (primary N) is 2. The average molecular weight is 1850 g/mol. The maximum absolute atomic E-state index is 13.5. The number of pyridine rings is 5. The van der Waals surface area contributed by atoms with Crippen molar-refractivity contribution < 1.29 is 40.8 Å². The van der Waals surface area contributed by atoms with Crippen molar-refractivity contribution >= 4 is 97.7 Å². The van der Waals surface area contributed by atoms with Crippen molar-refractivity contribution in [2.45, 2.75) is 146 Å². The Hall–Kier alpha value is -12.0. The number of likely N-dealkylation sites (tertiary alicyclic amines) is 1. The number of fused-ring (bicyclic) bond motifs is 15. The Kier molecular flexibility index (Phi) is 28.8. The molecule has 35 heteroatoms. The lowest BCUT2D eigenvalue weighted by Crippen LogP contribution is -2.51. The molecule has 9 aliphatic heterocycles. The van der Waals surface area contributed by atoms with E-state index in [1.165, 1.54) is 29.3 Å². The maximum Gasteiger partial charge on any atom is 0.282 e. The highest BCUT2D eigenvalue weighted by Gasteiger charge is 2.39. The molecule has 6 aromatic carbocycles. The Morgan fingerprint density at radius 2 is 0.910 bits per heavy atom. The van der Waals surface area contributed by atoms with Gasteiger partial charge in [0.25, 0.3) is 43.9 Å². The Labute approximate surface area is 769 Å². The second-order valence-corrected chi connectivity index (χ2v) is 39.5. The first kappa shape index (κ1) is 92.8. The summed E-state index contributed by atoms with van der Waals surface area (Å²) in [6, 6.07) is 43.5. The Morgan fingerprint density at radius 3 is 1.37 bits per heavy atom. The number of piperidine rings is 1. The van der Waals surface area contributed by atoms with Crippen molar-refractivity contribution in [3.8, 4) is 0 Å². The molecule has 0 unspecified atom stereocenters. The van der Waals surface area contributed by atoms with E-state index >= 15 is 0 Å². The van der Waals surface area contributed by atoms with Gasteiger partial charge in [0.05, 0.1) is 29.9 Å². The number of nitrogens with one attached hydrogen (secondary N) is 7. The van der Waals surface area contributed by atoms with Crippen molar-refractivity contribution in [2.75, 3.05) is 118 Å². The first-order chi connectivity index (χ1) is 64.4. The Balaban J connectivity index is 0.000000117. The van der Waals surface area contributed by atoms with Crippen LogP contribution in [0.25, 0.3) is 53.9 Å². The molecule has 0 radical (unpaired) electrons. The monoisotopic (exact) mass is 1850 g/mol. The number of piperazine rings is 1. The van der Waals surface area contributed by atoms with Crippen LogP contribution < -0.4 is 44.6 Å². The zero-order valence-electron chi connectivity index (χ0n) is 74.9. The molecule has 133 heavy (non-hydrogen) atoms. The van der Waals surface area contributed by atoms with E-state index in [9.17, 15) is 60.0 Å². The molecule has 21 rings (SSSR count). The molecular weight excluding hydrogens is 1730 g/mol. The number of carbonyl (C=O) groups excluding carboxylic acids is 4. The number of hydrogen-bond donors (Lipinski definition) is 9. The summed E-state index contributed by atoms with van der Waals surface area (Å²) in [4.78, 5) is 145. The number of nitrogens with zero attached hydrogens (tertiary/aromatic N) is 10. The van der Waals surface area contributed by atoms with E-state index in [2.05, 4.69) is 50.0 Å². The van der Waals surface area contributed by atoms with Crippen molar-refractivity contribution in [3.63, 3.8) is 0 Å². The average Bonchev–Trinajstić information content (AvgIpc) is 1.38. The lowest BCUT2D eigenvalue weighted by Gasteiger charge is -2.39. The van der Waals surface area contributed by atoms with Gasteiger partial charge in [-0.15, -0.1) is 0 Å². The van der Waals surface area contributed by atoms with Crippen LogP contribution in [0.15, 0.2) is 187 Å². The third-order valence-corrected chi connectivity index (χ3v) is 31.2. The quantitative estimate of drug-likeness (QED) is 0.0473. The summed E-state index contributed by atoms with van der Waals surface area (Å²) in [5.41, 5.74) is 21.6. The van der Waals surface area contributed by atoms with Crippen molar-refractivity contribution in [3.05, 3.63) is 277 Å². The molecule has 0 saturated carbocycles. The van der Waals surface area contributed by atoms with Crippen molar-refractivity contribution in [1.82, 2.24) is 82.5 Å². The van der Waals surface area contributed by atoms with Crippen LogP contribution in [0.5, 0.6) is 0 Å². The van der Waals surface area contributed by atoms with Gasteiger partial charge < -0.3 is 80.8 Å². The van der Waals surface area contributed by atoms with Crippen LogP contribution in [0.2, 0.25) is 0 Å². The van der Waals surface area contributed by atoms with Gasteiger partial charge in [0.1, 0.15) is 0 Å². The zero-order chi connectivity index (χ0) is 92.6. The maximum atomic E-state index is 13.5. The summed E-state index contributed by atoms with van der Waals surface area (Å²) >= 11 is 0. The summed E-state index contributed by atoms with van der Waals surface area (Å²) in [6.07, 6.45) is 15.0.